The molecule has 0 aliphatic carbocycles. The summed E-state index contributed by atoms with van der Waals surface area (Å²) in [6.45, 7) is 4.06. The van der Waals surface area contributed by atoms with Crippen LogP contribution in [0.4, 0.5) is 18.9 Å². The van der Waals surface area contributed by atoms with Crippen LogP contribution in [0.25, 0.3) is 0 Å². The van der Waals surface area contributed by atoms with Crippen molar-refractivity contribution in [2.24, 2.45) is 5.41 Å². The van der Waals surface area contributed by atoms with E-state index in [1.165, 1.54) is 31.4 Å². The molecule has 122 valence electrons. The molecule has 22 heavy (non-hydrogen) atoms. The topological polar surface area (TPSA) is 24.5 Å². The Balaban J connectivity index is 1.68. The fourth-order valence-electron chi connectivity index (χ4n) is 3.67. The van der Waals surface area contributed by atoms with E-state index in [-0.39, 0.29) is 5.75 Å². The second-order valence-electron chi connectivity index (χ2n) is 6.35. The van der Waals surface area contributed by atoms with Crippen molar-refractivity contribution in [1.29, 1.82) is 0 Å². The summed E-state index contributed by atoms with van der Waals surface area (Å²) < 4.78 is 40.5. The number of ether oxygens (including phenoxy) is 1. The van der Waals surface area contributed by atoms with Gasteiger partial charge in [-0.25, -0.2) is 0 Å². The third-order valence-electron chi connectivity index (χ3n) is 4.66. The number of hydrogen-bond acceptors (Lipinski definition) is 3. The van der Waals surface area contributed by atoms with E-state index >= 15 is 0 Å². The molecule has 1 atom stereocenters. The molecule has 2 aliphatic heterocycles. The van der Waals surface area contributed by atoms with E-state index < -0.39 is 6.36 Å². The molecule has 1 aromatic rings. The Morgan fingerprint density at radius 2 is 1.82 bits per heavy atom. The predicted octanol–water partition coefficient (Wildman–Crippen LogP) is 3.56. The minimum absolute atomic E-state index is 0.165. The minimum Gasteiger partial charge on any atom is -0.406 e. The van der Waals surface area contributed by atoms with Gasteiger partial charge in [-0.15, -0.1) is 13.2 Å². The van der Waals surface area contributed by atoms with E-state index in [2.05, 4.69) is 15.0 Å². The Hall–Kier alpha value is -1.43. The molecule has 1 aromatic carbocycles. The summed E-state index contributed by atoms with van der Waals surface area (Å²) in [5.41, 5.74) is 1.29. The summed E-state index contributed by atoms with van der Waals surface area (Å²) in [6, 6.07) is 6.22. The third-order valence-corrected chi connectivity index (χ3v) is 4.66. The van der Waals surface area contributed by atoms with Crippen LogP contribution in [0, 0.1) is 5.41 Å². The Morgan fingerprint density at radius 1 is 1.09 bits per heavy atom. The van der Waals surface area contributed by atoms with E-state index in [0.29, 0.717) is 5.41 Å². The molecule has 3 rings (SSSR count). The van der Waals surface area contributed by atoms with Gasteiger partial charge in [-0.05, 0) is 56.5 Å². The summed E-state index contributed by atoms with van der Waals surface area (Å²) in [5, 5.41) is 3.48. The lowest BCUT2D eigenvalue weighted by atomic mass is 9.74. The molecule has 2 saturated heterocycles. The molecule has 2 aliphatic rings. The highest BCUT2D eigenvalue weighted by Gasteiger charge is 2.36. The molecule has 2 fully saturated rings. The molecule has 0 saturated carbocycles. The molecule has 0 radical (unpaired) electrons. The lowest BCUT2D eigenvalue weighted by Crippen LogP contribution is -2.51. The number of piperidine rings is 2. The fraction of sp³-hybridized carbons (Fsp3) is 0.625. The molecule has 1 N–H and O–H groups in total. The van der Waals surface area contributed by atoms with Gasteiger partial charge in [0.15, 0.2) is 0 Å². The van der Waals surface area contributed by atoms with Crippen molar-refractivity contribution >= 4 is 5.69 Å². The second-order valence-corrected chi connectivity index (χ2v) is 6.35. The van der Waals surface area contributed by atoms with E-state index in [9.17, 15) is 13.2 Å². The largest absolute Gasteiger partial charge is 0.573 e. The Bertz CT molecular complexity index is 490. The molecule has 1 spiro atoms. The van der Waals surface area contributed by atoms with E-state index in [4.69, 9.17) is 0 Å². The number of alkyl halides is 3. The molecule has 6 heteroatoms. The van der Waals surface area contributed by atoms with Gasteiger partial charge in [0.2, 0.25) is 0 Å². The maximum absolute atomic E-state index is 12.2. The third kappa shape index (κ3) is 3.66. The van der Waals surface area contributed by atoms with Crippen molar-refractivity contribution < 1.29 is 17.9 Å². The predicted molar refractivity (Wildman–Crippen MR) is 79.1 cm³/mol. The number of halogens is 3. The number of nitrogens with zero attached hydrogens (tertiary/aromatic N) is 1. The van der Waals surface area contributed by atoms with Crippen molar-refractivity contribution in [1.82, 2.24) is 5.32 Å². The SMILES string of the molecule is FC(F)(F)Oc1ccc(N2CCCC3(CCCNC3)C2)cc1. The standard InChI is InChI=1S/C16H21F3N2O/c17-16(18,19)22-14-5-3-13(4-6-14)21-10-2-8-15(12-21)7-1-9-20-11-15/h3-6,20H,1-2,7-12H2. The lowest BCUT2D eigenvalue weighted by molar-refractivity contribution is -0.274. The monoisotopic (exact) mass is 314 g/mol. The average Bonchev–Trinajstić information content (AvgIpc) is 2.47. The number of nitrogens with one attached hydrogen (secondary N) is 1. The summed E-state index contributed by atoms with van der Waals surface area (Å²) in [7, 11) is 0. The zero-order valence-corrected chi connectivity index (χ0v) is 12.5. The smallest absolute Gasteiger partial charge is 0.406 e. The van der Waals surface area contributed by atoms with Crippen LogP contribution in [0.5, 0.6) is 5.75 Å². The summed E-state index contributed by atoms with van der Waals surface area (Å²) in [5.74, 6) is -0.165. The van der Waals surface area contributed by atoms with E-state index in [1.54, 1.807) is 12.1 Å². The highest BCUT2D eigenvalue weighted by atomic mass is 19.4. The van der Waals surface area contributed by atoms with Crippen LogP contribution in [0.15, 0.2) is 24.3 Å². The van der Waals surface area contributed by atoms with Crippen LogP contribution in [0.1, 0.15) is 25.7 Å². The normalized spacial score (nSPS) is 26.2. The number of benzene rings is 1. The van der Waals surface area contributed by atoms with Gasteiger partial charge in [-0.1, -0.05) is 0 Å². The van der Waals surface area contributed by atoms with Gasteiger partial charge < -0.3 is 15.0 Å². The minimum atomic E-state index is -4.63. The van der Waals surface area contributed by atoms with Crippen LogP contribution in [-0.4, -0.2) is 32.5 Å². The average molecular weight is 314 g/mol. The first-order chi connectivity index (χ1) is 10.5. The molecule has 0 amide bonds. The molecule has 0 aromatic heterocycles. The maximum atomic E-state index is 12.2. The highest BCUT2D eigenvalue weighted by molar-refractivity contribution is 5.49. The van der Waals surface area contributed by atoms with E-state index in [1.807, 2.05) is 0 Å². The zero-order valence-electron chi connectivity index (χ0n) is 12.5. The van der Waals surface area contributed by atoms with Gasteiger partial charge in [-0.2, -0.15) is 0 Å². The molecule has 2 heterocycles. The Kier molecular flexibility index (Phi) is 4.21. The fourth-order valence-corrected chi connectivity index (χ4v) is 3.67. The van der Waals surface area contributed by atoms with Crippen LogP contribution in [0.2, 0.25) is 0 Å². The van der Waals surface area contributed by atoms with Crippen molar-refractivity contribution in [2.45, 2.75) is 32.0 Å². The zero-order chi connectivity index (χ0) is 15.6. The second kappa shape index (κ2) is 5.99. The highest BCUT2D eigenvalue weighted by Crippen LogP contribution is 2.38. The van der Waals surface area contributed by atoms with Crippen molar-refractivity contribution in [3.05, 3.63) is 24.3 Å². The van der Waals surface area contributed by atoms with Crippen LogP contribution >= 0.6 is 0 Å². The van der Waals surface area contributed by atoms with Crippen molar-refractivity contribution in [3.63, 3.8) is 0 Å². The van der Waals surface area contributed by atoms with Gasteiger partial charge in [0.25, 0.3) is 0 Å². The van der Waals surface area contributed by atoms with Gasteiger partial charge in [-0.3, -0.25) is 0 Å². The Labute approximate surface area is 128 Å². The number of rotatable bonds is 2. The van der Waals surface area contributed by atoms with Crippen LogP contribution in [-0.2, 0) is 0 Å². The molecule has 0 bridgehead atoms. The van der Waals surface area contributed by atoms with Gasteiger partial charge >= 0.3 is 6.36 Å². The molecule has 1 unspecified atom stereocenters. The van der Waals surface area contributed by atoms with E-state index in [0.717, 1.165) is 38.3 Å². The van der Waals surface area contributed by atoms with Gasteiger partial charge in [0.1, 0.15) is 5.75 Å². The Morgan fingerprint density at radius 3 is 2.45 bits per heavy atom. The first-order valence-electron chi connectivity index (χ1n) is 7.77. The van der Waals surface area contributed by atoms with Crippen molar-refractivity contribution in [2.75, 3.05) is 31.1 Å². The van der Waals surface area contributed by atoms with Gasteiger partial charge in [0.05, 0.1) is 0 Å². The first kappa shape index (κ1) is 15.5. The van der Waals surface area contributed by atoms with Crippen LogP contribution in [0.3, 0.4) is 0 Å². The first-order valence-corrected chi connectivity index (χ1v) is 7.77. The van der Waals surface area contributed by atoms with Crippen LogP contribution < -0.4 is 15.0 Å². The molecular weight excluding hydrogens is 293 g/mol. The summed E-state index contributed by atoms with van der Waals surface area (Å²) >= 11 is 0. The number of hydrogen-bond donors (Lipinski definition) is 1. The number of anilines is 1. The summed E-state index contributed by atoms with van der Waals surface area (Å²) in [4.78, 5) is 2.29. The summed E-state index contributed by atoms with van der Waals surface area (Å²) in [6.07, 6.45) is 0.149. The quantitative estimate of drug-likeness (QED) is 0.903. The maximum Gasteiger partial charge on any atom is 0.573 e. The van der Waals surface area contributed by atoms with Gasteiger partial charge in [0, 0.05) is 30.7 Å². The molecule has 3 nitrogen and oxygen atoms in total. The molecular formula is C16H21F3N2O. The van der Waals surface area contributed by atoms with Crippen molar-refractivity contribution in [3.8, 4) is 5.75 Å². The lowest BCUT2D eigenvalue weighted by Gasteiger charge is -2.46.